The summed E-state index contributed by atoms with van der Waals surface area (Å²) in [6.07, 6.45) is 2.93. The third kappa shape index (κ3) is 3.54. The van der Waals surface area contributed by atoms with Crippen LogP contribution < -0.4 is 0 Å². The lowest BCUT2D eigenvalue weighted by molar-refractivity contribution is 0.0315. The summed E-state index contributed by atoms with van der Waals surface area (Å²) in [6, 6.07) is 20.4. The van der Waals surface area contributed by atoms with Crippen molar-refractivity contribution in [2.24, 2.45) is 0 Å². The van der Waals surface area contributed by atoms with E-state index < -0.39 is 0 Å². The van der Waals surface area contributed by atoms with Crippen molar-refractivity contribution in [2.45, 2.75) is 18.5 Å². The normalized spacial score (nSPS) is 19.7. The summed E-state index contributed by atoms with van der Waals surface area (Å²) < 4.78 is 7.51. The topological polar surface area (TPSA) is 50.5 Å². The van der Waals surface area contributed by atoms with Crippen LogP contribution in [-0.4, -0.2) is 52.2 Å². The van der Waals surface area contributed by atoms with E-state index in [0.717, 1.165) is 28.9 Å². The second-order valence-corrected chi connectivity index (χ2v) is 7.19. The molecule has 0 radical (unpaired) electrons. The van der Waals surface area contributed by atoms with Gasteiger partial charge in [0, 0.05) is 30.5 Å². The minimum atomic E-state index is -0.317. The number of benzene rings is 2. The zero-order chi connectivity index (χ0) is 18.7. The Morgan fingerprint density at radius 3 is 2.44 bits per heavy atom. The second kappa shape index (κ2) is 7.64. The molecule has 27 heavy (non-hydrogen) atoms. The number of aliphatic hydroxyl groups excluding tert-OH is 1. The van der Waals surface area contributed by atoms with E-state index in [1.54, 1.807) is 0 Å². The van der Waals surface area contributed by atoms with Gasteiger partial charge in [-0.2, -0.15) is 5.10 Å². The summed E-state index contributed by atoms with van der Waals surface area (Å²) in [5.41, 5.74) is 3.91. The fourth-order valence-electron chi connectivity index (χ4n) is 3.64. The molecule has 2 aromatic carbocycles. The summed E-state index contributed by atoms with van der Waals surface area (Å²) in [5, 5.41) is 14.9. The number of para-hydroxylation sites is 1. The van der Waals surface area contributed by atoms with Crippen LogP contribution in [0.5, 0.6) is 0 Å². The van der Waals surface area contributed by atoms with Crippen LogP contribution in [-0.2, 0) is 11.3 Å². The summed E-state index contributed by atoms with van der Waals surface area (Å²) in [5.74, 6) is 0. The highest BCUT2D eigenvalue weighted by atomic mass is 16.5. The summed E-state index contributed by atoms with van der Waals surface area (Å²) in [6.45, 7) is 2.05. The van der Waals surface area contributed by atoms with Crippen molar-refractivity contribution in [1.82, 2.24) is 14.7 Å². The molecular weight excluding hydrogens is 338 g/mol. The molecule has 1 aromatic heterocycles. The third-order valence-electron chi connectivity index (χ3n) is 5.45. The smallest absolute Gasteiger partial charge is 0.0972 e. The molecular formula is C22H25N3O2. The molecule has 0 aliphatic carbocycles. The van der Waals surface area contributed by atoms with Gasteiger partial charge in [-0.1, -0.05) is 48.5 Å². The maximum Gasteiger partial charge on any atom is 0.0972 e. The lowest BCUT2D eigenvalue weighted by Crippen LogP contribution is -2.49. The summed E-state index contributed by atoms with van der Waals surface area (Å²) >= 11 is 0. The molecule has 0 amide bonds. The highest BCUT2D eigenvalue weighted by Gasteiger charge is 2.38. The van der Waals surface area contributed by atoms with Crippen LogP contribution in [0.1, 0.15) is 12.0 Å². The first kappa shape index (κ1) is 17.9. The van der Waals surface area contributed by atoms with Gasteiger partial charge in [-0.25, -0.2) is 4.68 Å². The van der Waals surface area contributed by atoms with Gasteiger partial charge in [-0.05, 0) is 25.6 Å². The molecule has 5 nitrogen and oxygen atoms in total. The zero-order valence-corrected chi connectivity index (χ0v) is 15.6. The van der Waals surface area contributed by atoms with Gasteiger partial charge in [0.2, 0.25) is 0 Å². The SMILES string of the molecule is CN(Cc1cn(-c2ccccc2)nc1-c1ccccc1)[C@@]1(CO)CCOC1. The Hall–Kier alpha value is -2.47. The van der Waals surface area contributed by atoms with E-state index in [9.17, 15) is 5.11 Å². The monoisotopic (exact) mass is 363 g/mol. The molecule has 0 bridgehead atoms. The van der Waals surface area contributed by atoms with Crippen LogP contribution >= 0.6 is 0 Å². The Morgan fingerprint density at radius 2 is 1.81 bits per heavy atom. The summed E-state index contributed by atoms with van der Waals surface area (Å²) in [4.78, 5) is 2.21. The van der Waals surface area contributed by atoms with E-state index in [4.69, 9.17) is 9.84 Å². The van der Waals surface area contributed by atoms with Crippen molar-refractivity contribution in [3.8, 4) is 16.9 Å². The number of nitrogens with zero attached hydrogens (tertiary/aromatic N) is 3. The molecule has 1 N–H and O–H groups in total. The number of hydrogen-bond donors (Lipinski definition) is 1. The highest BCUT2D eigenvalue weighted by Crippen LogP contribution is 2.30. The Bertz CT molecular complexity index is 871. The Labute approximate surface area is 159 Å². The van der Waals surface area contributed by atoms with Gasteiger partial charge < -0.3 is 9.84 Å². The molecule has 4 rings (SSSR count). The van der Waals surface area contributed by atoms with Crippen LogP contribution in [0.2, 0.25) is 0 Å². The molecule has 0 saturated carbocycles. The van der Waals surface area contributed by atoms with E-state index in [1.807, 2.05) is 41.1 Å². The molecule has 140 valence electrons. The zero-order valence-electron chi connectivity index (χ0n) is 15.6. The largest absolute Gasteiger partial charge is 0.394 e. The average molecular weight is 363 g/mol. The quantitative estimate of drug-likeness (QED) is 0.731. The maximum absolute atomic E-state index is 9.99. The predicted octanol–water partition coefficient (Wildman–Crippen LogP) is 3.12. The van der Waals surface area contributed by atoms with E-state index >= 15 is 0 Å². The van der Waals surface area contributed by atoms with Gasteiger partial charge >= 0.3 is 0 Å². The van der Waals surface area contributed by atoms with Crippen LogP contribution in [0, 0.1) is 0 Å². The highest BCUT2D eigenvalue weighted by molar-refractivity contribution is 5.63. The molecule has 3 aromatic rings. The van der Waals surface area contributed by atoms with Crippen LogP contribution in [0.15, 0.2) is 66.9 Å². The molecule has 1 saturated heterocycles. The van der Waals surface area contributed by atoms with Crippen LogP contribution in [0.3, 0.4) is 0 Å². The van der Waals surface area contributed by atoms with Crippen molar-refractivity contribution < 1.29 is 9.84 Å². The van der Waals surface area contributed by atoms with Crippen molar-refractivity contribution in [3.05, 3.63) is 72.4 Å². The van der Waals surface area contributed by atoms with Gasteiger partial charge in [-0.3, -0.25) is 4.90 Å². The van der Waals surface area contributed by atoms with Gasteiger partial charge in [0.05, 0.1) is 30.1 Å². The lowest BCUT2D eigenvalue weighted by atomic mass is 9.97. The fraction of sp³-hybridized carbons (Fsp3) is 0.318. The fourth-order valence-corrected chi connectivity index (χ4v) is 3.64. The first-order valence-electron chi connectivity index (χ1n) is 9.31. The predicted molar refractivity (Wildman–Crippen MR) is 106 cm³/mol. The van der Waals surface area contributed by atoms with Gasteiger partial charge in [0.15, 0.2) is 0 Å². The maximum atomic E-state index is 9.99. The van der Waals surface area contributed by atoms with Crippen molar-refractivity contribution in [3.63, 3.8) is 0 Å². The lowest BCUT2D eigenvalue weighted by Gasteiger charge is -2.35. The van der Waals surface area contributed by atoms with Gasteiger partial charge in [0.1, 0.15) is 0 Å². The molecule has 2 heterocycles. The second-order valence-electron chi connectivity index (χ2n) is 7.19. The number of aliphatic hydroxyl groups is 1. The minimum absolute atomic E-state index is 0.0942. The van der Waals surface area contributed by atoms with Crippen molar-refractivity contribution >= 4 is 0 Å². The first-order chi connectivity index (χ1) is 13.2. The van der Waals surface area contributed by atoms with E-state index in [0.29, 0.717) is 19.8 Å². The molecule has 1 atom stereocenters. The Balaban J connectivity index is 1.71. The van der Waals surface area contributed by atoms with Crippen molar-refractivity contribution in [1.29, 1.82) is 0 Å². The molecule has 5 heteroatoms. The van der Waals surface area contributed by atoms with Gasteiger partial charge in [-0.15, -0.1) is 0 Å². The Kier molecular flexibility index (Phi) is 5.07. The van der Waals surface area contributed by atoms with E-state index in [-0.39, 0.29) is 12.1 Å². The minimum Gasteiger partial charge on any atom is -0.394 e. The number of aromatic nitrogens is 2. The third-order valence-corrected chi connectivity index (χ3v) is 5.45. The molecule has 1 aliphatic heterocycles. The molecule has 1 aliphatic rings. The van der Waals surface area contributed by atoms with Crippen LogP contribution in [0.4, 0.5) is 0 Å². The number of likely N-dealkylation sites (N-methyl/N-ethyl adjacent to an activating group) is 1. The van der Waals surface area contributed by atoms with Gasteiger partial charge in [0.25, 0.3) is 0 Å². The first-order valence-corrected chi connectivity index (χ1v) is 9.31. The van der Waals surface area contributed by atoms with Crippen LogP contribution in [0.25, 0.3) is 16.9 Å². The Morgan fingerprint density at radius 1 is 1.11 bits per heavy atom. The number of ether oxygens (including phenoxy) is 1. The number of hydrogen-bond acceptors (Lipinski definition) is 4. The standard InChI is InChI=1S/C22H25N3O2/c1-24(22(16-26)12-13-27-17-22)14-19-15-25(20-10-6-3-7-11-20)23-21(19)18-8-4-2-5-9-18/h2-11,15,26H,12-14,16-17H2,1H3/t22-/m1/s1. The van der Waals surface area contributed by atoms with E-state index in [2.05, 4.69) is 42.4 Å². The summed E-state index contributed by atoms with van der Waals surface area (Å²) in [7, 11) is 2.06. The molecule has 0 unspecified atom stereocenters. The number of rotatable bonds is 6. The van der Waals surface area contributed by atoms with E-state index in [1.165, 1.54) is 0 Å². The van der Waals surface area contributed by atoms with Crippen molar-refractivity contribution in [2.75, 3.05) is 26.9 Å². The average Bonchev–Trinajstić information content (AvgIpc) is 3.37. The molecule has 0 spiro atoms. The molecule has 1 fully saturated rings.